The normalized spacial score (nSPS) is 11.4. The molecule has 0 saturated carbocycles. The van der Waals surface area contributed by atoms with E-state index in [1.165, 1.54) is 12.1 Å². The molecule has 2 nitrogen and oxygen atoms in total. The van der Waals surface area contributed by atoms with Crippen molar-refractivity contribution in [3.05, 3.63) is 65.2 Å². The van der Waals surface area contributed by atoms with Crippen LogP contribution in [0.1, 0.15) is 16.7 Å². The SMILES string of the molecule is NCc1ccccc1COc1cccc(C(F)(F)F)c1. The fraction of sp³-hybridized carbons (Fsp3) is 0.200. The van der Waals surface area contributed by atoms with Crippen LogP contribution >= 0.6 is 0 Å². The summed E-state index contributed by atoms with van der Waals surface area (Å²) in [7, 11) is 0. The van der Waals surface area contributed by atoms with E-state index in [-0.39, 0.29) is 12.4 Å². The topological polar surface area (TPSA) is 35.2 Å². The Balaban J connectivity index is 2.11. The monoisotopic (exact) mass is 281 g/mol. The number of halogens is 3. The van der Waals surface area contributed by atoms with Gasteiger partial charge in [-0.3, -0.25) is 0 Å². The van der Waals surface area contributed by atoms with Gasteiger partial charge in [0.25, 0.3) is 0 Å². The van der Waals surface area contributed by atoms with E-state index in [9.17, 15) is 13.2 Å². The van der Waals surface area contributed by atoms with E-state index in [0.29, 0.717) is 6.54 Å². The molecular formula is C15H14F3NO. The zero-order valence-corrected chi connectivity index (χ0v) is 10.7. The van der Waals surface area contributed by atoms with Crippen molar-refractivity contribution in [1.29, 1.82) is 0 Å². The third-order valence-electron chi connectivity index (χ3n) is 2.89. The molecule has 2 aromatic carbocycles. The molecule has 0 spiro atoms. The molecule has 0 bridgehead atoms. The highest BCUT2D eigenvalue weighted by molar-refractivity contribution is 5.31. The second kappa shape index (κ2) is 5.96. The third-order valence-corrected chi connectivity index (χ3v) is 2.89. The second-order valence-electron chi connectivity index (χ2n) is 4.29. The molecule has 0 aliphatic rings. The van der Waals surface area contributed by atoms with E-state index in [1.54, 1.807) is 0 Å². The van der Waals surface area contributed by atoms with E-state index >= 15 is 0 Å². The summed E-state index contributed by atoms with van der Waals surface area (Å²) in [6.45, 7) is 0.552. The Morgan fingerprint density at radius 1 is 0.950 bits per heavy atom. The first-order valence-corrected chi connectivity index (χ1v) is 6.07. The number of nitrogens with two attached hydrogens (primary N) is 1. The van der Waals surface area contributed by atoms with E-state index in [1.807, 2.05) is 24.3 Å². The van der Waals surface area contributed by atoms with Crippen LogP contribution in [0.15, 0.2) is 48.5 Å². The lowest BCUT2D eigenvalue weighted by Crippen LogP contribution is -2.06. The highest BCUT2D eigenvalue weighted by atomic mass is 19.4. The minimum atomic E-state index is -4.37. The Labute approximate surface area is 115 Å². The molecule has 5 heteroatoms. The Morgan fingerprint density at radius 3 is 2.30 bits per heavy atom. The van der Waals surface area contributed by atoms with Gasteiger partial charge in [-0.05, 0) is 29.3 Å². The number of rotatable bonds is 4. The van der Waals surface area contributed by atoms with E-state index in [4.69, 9.17) is 10.5 Å². The van der Waals surface area contributed by atoms with Crippen LogP contribution in [0.3, 0.4) is 0 Å². The van der Waals surface area contributed by atoms with Crippen molar-refractivity contribution < 1.29 is 17.9 Å². The number of hydrogen-bond donors (Lipinski definition) is 1. The summed E-state index contributed by atoms with van der Waals surface area (Å²) in [6, 6.07) is 12.2. The molecular weight excluding hydrogens is 267 g/mol. The molecule has 0 amide bonds. The first kappa shape index (κ1) is 14.4. The van der Waals surface area contributed by atoms with E-state index < -0.39 is 11.7 Å². The van der Waals surface area contributed by atoms with Crippen molar-refractivity contribution in [2.24, 2.45) is 5.73 Å². The molecule has 0 radical (unpaired) electrons. The number of benzene rings is 2. The van der Waals surface area contributed by atoms with E-state index in [2.05, 4.69) is 0 Å². The van der Waals surface area contributed by atoms with Crippen molar-refractivity contribution in [2.75, 3.05) is 0 Å². The van der Waals surface area contributed by atoms with Crippen molar-refractivity contribution in [3.63, 3.8) is 0 Å². The van der Waals surface area contributed by atoms with Crippen LogP contribution in [0.5, 0.6) is 5.75 Å². The van der Waals surface area contributed by atoms with Crippen LogP contribution in [0.4, 0.5) is 13.2 Å². The van der Waals surface area contributed by atoms with Gasteiger partial charge in [0.2, 0.25) is 0 Å². The molecule has 0 aromatic heterocycles. The average molecular weight is 281 g/mol. The fourth-order valence-corrected chi connectivity index (χ4v) is 1.82. The summed E-state index contributed by atoms with van der Waals surface area (Å²) in [5, 5.41) is 0. The highest BCUT2D eigenvalue weighted by Gasteiger charge is 2.30. The molecule has 0 atom stereocenters. The summed E-state index contributed by atoms with van der Waals surface area (Å²) in [5.41, 5.74) is 6.66. The van der Waals surface area contributed by atoms with Crippen LogP contribution < -0.4 is 10.5 Å². The smallest absolute Gasteiger partial charge is 0.416 e. The Kier molecular flexibility index (Phi) is 4.29. The number of ether oxygens (including phenoxy) is 1. The molecule has 106 valence electrons. The molecule has 0 aliphatic heterocycles. The minimum Gasteiger partial charge on any atom is -0.489 e. The second-order valence-corrected chi connectivity index (χ2v) is 4.29. The summed E-state index contributed by atoms with van der Waals surface area (Å²) >= 11 is 0. The zero-order valence-electron chi connectivity index (χ0n) is 10.7. The summed E-state index contributed by atoms with van der Waals surface area (Å²) in [6.07, 6.45) is -4.37. The minimum absolute atomic E-state index is 0.187. The first-order valence-electron chi connectivity index (χ1n) is 6.07. The van der Waals surface area contributed by atoms with Crippen molar-refractivity contribution in [1.82, 2.24) is 0 Å². The molecule has 2 N–H and O–H groups in total. The quantitative estimate of drug-likeness (QED) is 0.926. The number of hydrogen-bond acceptors (Lipinski definition) is 2. The van der Waals surface area contributed by atoms with Crippen LogP contribution in [0, 0.1) is 0 Å². The third kappa shape index (κ3) is 3.51. The van der Waals surface area contributed by atoms with Gasteiger partial charge in [0.15, 0.2) is 0 Å². The molecule has 0 fully saturated rings. The van der Waals surface area contributed by atoms with Gasteiger partial charge in [-0.25, -0.2) is 0 Å². The fourth-order valence-electron chi connectivity index (χ4n) is 1.82. The first-order chi connectivity index (χ1) is 9.50. The van der Waals surface area contributed by atoms with Gasteiger partial charge in [0.05, 0.1) is 5.56 Å². The predicted octanol–water partition coefficient (Wildman–Crippen LogP) is 3.74. The highest BCUT2D eigenvalue weighted by Crippen LogP contribution is 2.31. The number of alkyl halides is 3. The molecule has 0 heterocycles. The maximum absolute atomic E-state index is 12.6. The lowest BCUT2D eigenvalue weighted by Gasteiger charge is -2.12. The van der Waals surface area contributed by atoms with Gasteiger partial charge < -0.3 is 10.5 Å². The lowest BCUT2D eigenvalue weighted by molar-refractivity contribution is -0.137. The zero-order chi connectivity index (χ0) is 14.6. The van der Waals surface area contributed by atoms with Gasteiger partial charge in [0.1, 0.15) is 12.4 Å². The van der Waals surface area contributed by atoms with Gasteiger partial charge in [-0.15, -0.1) is 0 Å². The molecule has 0 saturated heterocycles. The lowest BCUT2D eigenvalue weighted by atomic mass is 10.1. The van der Waals surface area contributed by atoms with Crippen molar-refractivity contribution in [3.8, 4) is 5.75 Å². The molecule has 2 rings (SSSR count). The van der Waals surface area contributed by atoms with Gasteiger partial charge in [0, 0.05) is 6.54 Å². The Bertz CT molecular complexity index is 581. The van der Waals surface area contributed by atoms with E-state index in [0.717, 1.165) is 23.3 Å². The van der Waals surface area contributed by atoms with Crippen molar-refractivity contribution >= 4 is 0 Å². The molecule has 0 aliphatic carbocycles. The van der Waals surface area contributed by atoms with Crippen LogP contribution in [0.2, 0.25) is 0 Å². The van der Waals surface area contributed by atoms with Crippen LogP contribution in [0.25, 0.3) is 0 Å². The predicted molar refractivity (Wildman–Crippen MR) is 70.1 cm³/mol. The standard InChI is InChI=1S/C15H14F3NO/c16-15(17,18)13-6-3-7-14(8-13)20-10-12-5-2-1-4-11(12)9-19/h1-8H,9-10,19H2. The average Bonchev–Trinajstić information content (AvgIpc) is 2.45. The molecule has 2 aromatic rings. The maximum atomic E-state index is 12.6. The largest absolute Gasteiger partial charge is 0.489 e. The van der Waals surface area contributed by atoms with Crippen LogP contribution in [-0.2, 0) is 19.3 Å². The van der Waals surface area contributed by atoms with Gasteiger partial charge in [-0.1, -0.05) is 30.3 Å². The molecule has 20 heavy (non-hydrogen) atoms. The van der Waals surface area contributed by atoms with Gasteiger partial charge >= 0.3 is 6.18 Å². The Morgan fingerprint density at radius 2 is 1.65 bits per heavy atom. The van der Waals surface area contributed by atoms with Crippen molar-refractivity contribution in [2.45, 2.75) is 19.3 Å². The summed E-state index contributed by atoms with van der Waals surface area (Å²) in [5.74, 6) is 0.187. The molecule has 0 unspecified atom stereocenters. The maximum Gasteiger partial charge on any atom is 0.416 e. The van der Waals surface area contributed by atoms with Crippen LogP contribution in [-0.4, -0.2) is 0 Å². The van der Waals surface area contributed by atoms with Gasteiger partial charge in [-0.2, -0.15) is 13.2 Å². The summed E-state index contributed by atoms with van der Waals surface area (Å²) in [4.78, 5) is 0. The summed E-state index contributed by atoms with van der Waals surface area (Å²) < 4.78 is 43.1. The Hall–Kier alpha value is -2.01.